The van der Waals surface area contributed by atoms with E-state index < -0.39 is 0 Å². The van der Waals surface area contributed by atoms with Gasteiger partial charge in [0.2, 0.25) is 0 Å². The average molecular weight is 207 g/mol. The molecule has 1 aromatic carbocycles. The summed E-state index contributed by atoms with van der Waals surface area (Å²) in [6.45, 7) is 6.19. The van der Waals surface area contributed by atoms with Crippen LogP contribution in [-0.4, -0.2) is 13.1 Å². The van der Waals surface area contributed by atoms with E-state index in [1.54, 1.807) is 6.07 Å². The minimum atomic E-state index is -0.0697. The van der Waals surface area contributed by atoms with Crippen LogP contribution in [0.1, 0.15) is 43.2 Å². The van der Waals surface area contributed by atoms with E-state index in [1.807, 2.05) is 26.0 Å². The van der Waals surface area contributed by atoms with Crippen LogP contribution >= 0.6 is 0 Å². The van der Waals surface area contributed by atoms with E-state index in [4.69, 9.17) is 0 Å². The zero-order valence-corrected chi connectivity index (χ0v) is 9.39. The van der Waals surface area contributed by atoms with Crippen molar-refractivity contribution in [1.82, 2.24) is 5.32 Å². The van der Waals surface area contributed by atoms with E-state index in [0.717, 1.165) is 18.7 Å². The second-order valence-corrected chi connectivity index (χ2v) is 4.63. The van der Waals surface area contributed by atoms with E-state index in [2.05, 4.69) is 5.32 Å². The van der Waals surface area contributed by atoms with Gasteiger partial charge in [0, 0.05) is 6.54 Å². The van der Waals surface area contributed by atoms with E-state index in [0.29, 0.717) is 5.92 Å². The van der Waals surface area contributed by atoms with Crippen LogP contribution in [0.5, 0.6) is 0 Å². The Labute approximate surface area is 90.7 Å². The molecule has 1 N–H and O–H groups in total. The lowest BCUT2D eigenvalue weighted by Crippen LogP contribution is -2.08. The molecule has 1 heterocycles. The largest absolute Gasteiger partial charge is 0.316 e. The molecule has 1 aliphatic heterocycles. The predicted molar refractivity (Wildman–Crippen MR) is 60.7 cm³/mol. The zero-order valence-electron chi connectivity index (χ0n) is 9.39. The molecule has 82 valence electrons. The molecule has 0 radical (unpaired) electrons. The topological polar surface area (TPSA) is 12.0 Å². The maximum absolute atomic E-state index is 13.5. The normalized spacial score (nSPS) is 21.2. The Balaban J connectivity index is 2.29. The highest BCUT2D eigenvalue weighted by Crippen LogP contribution is 2.27. The Morgan fingerprint density at radius 3 is 2.80 bits per heavy atom. The van der Waals surface area contributed by atoms with Gasteiger partial charge in [0.25, 0.3) is 0 Å². The van der Waals surface area contributed by atoms with Crippen molar-refractivity contribution in [2.75, 3.05) is 13.1 Å². The second kappa shape index (κ2) is 4.31. The molecule has 2 rings (SSSR count). The first kappa shape index (κ1) is 10.6. The second-order valence-electron chi connectivity index (χ2n) is 4.63. The first-order chi connectivity index (χ1) is 7.18. The Morgan fingerprint density at radius 1 is 1.40 bits per heavy atom. The molecule has 1 unspecified atom stereocenters. The van der Waals surface area contributed by atoms with E-state index in [9.17, 15) is 4.39 Å². The molecule has 0 bridgehead atoms. The lowest BCUT2D eigenvalue weighted by molar-refractivity contribution is 0.595. The van der Waals surface area contributed by atoms with Crippen LogP contribution in [-0.2, 0) is 0 Å². The summed E-state index contributed by atoms with van der Waals surface area (Å²) in [4.78, 5) is 0. The molecule has 0 aliphatic carbocycles. The van der Waals surface area contributed by atoms with Crippen molar-refractivity contribution in [2.45, 2.75) is 32.1 Å². The fraction of sp³-hybridized carbons (Fsp3) is 0.538. The Hall–Kier alpha value is -0.890. The van der Waals surface area contributed by atoms with Crippen molar-refractivity contribution in [1.29, 1.82) is 0 Å². The van der Waals surface area contributed by atoms with Gasteiger partial charge in [-0.05, 0) is 42.0 Å². The number of hydrogen-bond acceptors (Lipinski definition) is 1. The summed E-state index contributed by atoms with van der Waals surface area (Å²) in [5.41, 5.74) is 2.13. The van der Waals surface area contributed by atoms with Gasteiger partial charge in [0.05, 0.1) is 0 Å². The van der Waals surface area contributed by atoms with Crippen LogP contribution in [0.2, 0.25) is 0 Å². The lowest BCUT2D eigenvalue weighted by atomic mass is 9.93. The maximum Gasteiger partial charge on any atom is 0.126 e. The van der Waals surface area contributed by atoms with Crippen LogP contribution in [0.4, 0.5) is 4.39 Å². The smallest absolute Gasteiger partial charge is 0.126 e. The van der Waals surface area contributed by atoms with Crippen molar-refractivity contribution >= 4 is 0 Å². The minimum Gasteiger partial charge on any atom is -0.316 e. The predicted octanol–water partition coefficient (Wildman–Crippen LogP) is 3.03. The van der Waals surface area contributed by atoms with Crippen molar-refractivity contribution in [2.24, 2.45) is 0 Å². The molecule has 0 amide bonds. The van der Waals surface area contributed by atoms with Crippen molar-refractivity contribution < 1.29 is 4.39 Å². The van der Waals surface area contributed by atoms with Crippen molar-refractivity contribution in [3.05, 3.63) is 35.1 Å². The molecule has 1 saturated heterocycles. The molecule has 0 aromatic heterocycles. The third-order valence-corrected chi connectivity index (χ3v) is 3.17. The highest BCUT2D eigenvalue weighted by molar-refractivity contribution is 5.30. The van der Waals surface area contributed by atoms with Crippen LogP contribution < -0.4 is 5.32 Å². The third kappa shape index (κ3) is 2.20. The quantitative estimate of drug-likeness (QED) is 0.786. The molecule has 0 saturated carbocycles. The van der Waals surface area contributed by atoms with Gasteiger partial charge in [-0.25, -0.2) is 4.39 Å². The number of nitrogens with one attached hydrogen (secondary N) is 1. The minimum absolute atomic E-state index is 0.0697. The molecule has 1 nitrogen and oxygen atoms in total. The Morgan fingerprint density at radius 2 is 2.20 bits per heavy atom. The summed E-state index contributed by atoms with van der Waals surface area (Å²) in [5, 5.41) is 3.34. The van der Waals surface area contributed by atoms with Gasteiger partial charge < -0.3 is 5.32 Å². The van der Waals surface area contributed by atoms with E-state index in [-0.39, 0.29) is 11.7 Å². The van der Waals surface area contributed by atoms with E-state index in [1.165, 1.54) is 12.0 Å². The molecule has 1 aliphatic rings. The average Bonchev–Trinajstić information content (AvgIpc) is 2.71. The van der Waals surface area contributed by atoms with Crippen LogP contribution in [0.25, 0.3) is 0 Å². The van der Waals surface area contributed by atoms with E-state index >= 15 is 0 Å². The molecule has 1 atom stereocenters. The summed E-state index contributed by atoms with van der Waals surface area (Å²) in [6, 6.07) is 5.58. The van der Waals surface area contributed by atoms with Crippen molar-refractivity contribution in [3.8, 4) is 0 Å². The third-order valence-electron chi connectivity index (χ3n) is 3.17. The van der Waals surface area contributed by atoms with Gasteiger partial charge in [-0.1, -0.05) is 26.0 Å². The van der Waals surface area contributed by atoms with Gasteiger partial charge in [-0.15, -0.1) is 0 Å². The highest BCUT2D eigenvalue weighted by atomic mass is 19.1. The summed E-state index contributed by atoms with van der Waals surface area (Å²) in [7, 11) is 0. The summed E-state index contributed by atoms with van der Waals surface area (Å²) in [5.74, 6) is 0.766. The standard InChI is InChI=1S/C13H18FN/c1-9(2)12-7-10(3-4-13(12)14)11-5-6-15-8-11/h3-4,7,9,11,15H,5-6,8H2,1-2H3. The fourth-order valence-electron chi connectivity index (χ4n) is 2.20. The molecular formula is C13H18FN. The lowest BCUT2D eigenvalue weighted by Gasteiger charge is -2.13. The molecular weight excluding hydrogens is 189 g/mol. The molecule has 2 heteroatoms. The van der Waals surface area contributed by atoms with Crippen LogP contribution in [0.15, 0.2) is 18.2 Å². The first-order valence-electron chi connectivity index (χ1n) is 5.68. The van der Waals surface area contributed by atoms with Gasteiger partial charge >= 0.3 is 0 Å². The van der Waals surface area contributed by atoms with Crippen LogP contribution in [0, 0.1) is 5.82 Å². The summed E-state index contributed by atoms with van der Waals surface area (Å²) >= 11 is 0. The first-order valence-corrected chi connectivity index (χ1v) is 5.68. The molecule has 1 aromatic rings. The van der Waals surface area contributed by atoms with Crippen LogP contribution in [0.3, 0.4) is 0 Å². The maximum atomic E-state index is 13.5. The fourth-order valence-corrected chi connectivity index (χ4v) is 2.20. The number of hydrogen-bond donors (Lipinski definition) is 1. The molecule has 1 fully saturated rings. The SMILES string of the molecule is CC(C)c1cc(C2CCNC2)ccc1F. The summed E-state index contributed by atoms with van der Waals surface area (Å²) in [6.07, 6.45) is 1.17. The Bertz CT molecular complexity index is 340. The van der Waals surface area contributed by atoms with Gasteiger partial charge in [0.1, 0.15) is 5.82 Å². The number of benzene rings is 1. The number of halogens is 1. The monoisotopic (exact) mass is 207 g/mol. The number of rotatable bonds is 2. The van der Waals surface area contributed by atoms with Gasteiger partial charge in [-0.2, -0.15) is 0 Å². The summed E-state index contributed by atoms with van der Waals surface area (Å²) < 4.78 is 13.5. The van der Waals surface area contributed by atoms with Gasteiger partial charge in [0.15, 0.2) is 0 Å². The molecule has 15 heavy (non-hydrogen) atoms. The van der Waals surface area contributed by atoms with Gasteiger partial charge in [-0.3, -0.25) is 0 Å². The zero-order chi connectivity index (χ0) is 10.8. The Kier molecular flexibility index (Phi) is 3.06. The van der Waals surface area contributed by atoms with Crippen molar-refractivity contribution in [3.63, 3.8) is 0 Å². The molecule has 0 spiro atoms. The highest BCUT2D eigenvalue weighted by Gasteiger charge is 2.18.